The Balaban J connectivity index is 2.69. The fourth-order valence-corrected chi connectivity index (χ4v) is 3.21. The van der Waals surface area contributed by atoms with E-state index in [4.69, 9.17) is 10.0 Å². The molecule has 0 aromatic rings. The van der Waals surface area contributed by atoms with Crippen LogP contribution in [-0.4, -0.2) is 76.6 Å². The fraction of sp³-hybridized carbons (Fsp3) is 0.765. The molecule has 0 aromatic heterocycles. The molecular weight excluding hydrogens is 383 g/mol. The van der Waals surface area contributed by atoms with Crippen molar-refractivity contribution >= 4 is 30.7 Å². The quantitative estimate of drug-likeness (QED) is 0.189. The van der Waals surface area contributed by atoms with Crippen molar-refractivity contribution in [2.75, 3.05) is 6.54 Å². The Morgan fingerprint density at radius 1 is 1.00 bits per heavy atom. The van der Waals surface area contributed by atoms with E-state index in [1.807, 2.05) is 0 Å². The average Bonchev–Trinajstić information content (AvgIpc) is 3.15. The van der Waals surface area contributed by atoms with Gasteiger partial charge < -0.3 is 36.4 Å². The first kappa shape index (κ1) is 24.9. The lowest BCUT2D eigenvalue weighted by molar-refractivity contribution is -0.135. The molecule has 0 aromatic carbocycles. The van der Waals surface area contributed by atoms with Crippen LogP contribution in [0.3, 0.4) is 0 Å². The molecule has 1 rings (SSSR count). The smallest absolute Gasteiger partial charge is 0.426 e. The molecule has 1 aliphatic carbocycles. The molecule has 1 fully saturated rings. The third-order valence-electron chi connectivity index (χ3n) is 4.83. The van der Waals surface area contributed by atoms with Gasteiger partial charge in [-0.15, -0.1) is 0 Å². The van der Waals surface area contributed by atoms with Crippen molar-refractivity contribution in [1.29, 1.82) is 0 Å². The summed E-state index contributed by atoms with van der Waals surface area (Å²) in [4.78, 5) is 48.3. The molecule has 7 N–H and O–H groups in total. The van der Waals surface area contributed by atoms with Crippen molar-refractivity contribution < 1.29 is 34.3 Å². The second kappa shape index (κ2) is 11.7. The first-order valence-electron chi connectivity index (χ1n) is 9.71. The van der Waals surface area contributed by atoms with Gasteiger partial charge in [0.1, 0.15) is 12.1 Å². The number of rotatable bonds is 10. The summed E-state index contributed by atoms with van der Waals surface area (Å²) < 4.78 is 0. The lowest BCUT2D eigenvalue weighted by Crippen LogP contribution is -2.59. The molecule has 1 saturated carbocycles. The maximum absolute atomic E-state index is 12.7. The Hall–Kier alpha value is -2.18. The predicted molar refractivity (Wildman–Crippen MR) is 104 cm³/mol. The van der Waals surface area contributed by atoms with Gasteiger partial charge in [0.05, 0.1) is 18.6 Å². The molecule has 12 heteroatoms. The minimum absolute atomic E-state index is 0.0474. The van der Waals surface area contributed by atoms with Crippen molar-refractivity contribution in [3.63, 3.8) is 0 Å². The highest BCUT2D eigenvalue weighted by atomic mass is 16.4. The van der Waals surface area contributed by atoms with E-state index in [2.05, 4.69) is 21.3 Å². The van der Waals surface area contributed by atoms with Gasteiger partial charge in [-0.3, -0.25) is 19.2 Å². The van der Waals surface area contributed by atoms with E-state index < -0.39 is 55.5 Å². The summed E-state index contributed by atoms with van der Waals surface area (Å²) in [5.74, 6) is -3.38. The van der Waals surface area contributed by atoms with E-state index in [0.717, 1.165) is 25.7 Å². The van der Waals surface area contributed by atoms with Crippen molar-refractivity contribution in [2.45, 2.75) is 70.6 Å². The Morgan fingerprint density at radius 2 is 1.59 bits per heavy atom. The number of aliphatic hydroxyl groups is 1. The predicted octanol–water partition coefficient (Wildman–Crippen LogP) is -2.82. The van der Waals surface area contributed by atoms with Crippen LogP contribution in [0.4, 0.5) is 0 Å². The summed E-state index contributed by atoms with van der Waals surface area (Å²) in [7, 11) is -1.75. The van der Waals surface area contributed by atoms with Crippen LogP contribution in [0.2, 0.25) is 0 Å². The lowest BCUT2D eigenvalue weighted by atomic mass is 9.81. The summed E-state index contributed by atoms with van der Waals surface area (Å²) in [6, 6.07) is -2.13. The number of nitrogens with one attached hydrogen (secondary N) is 4. The van der Waals surface area contributed by atoms with Crippen LogP contribution in [0, 0.1) is 5.92 Å². The number of carbonyl (C=O) groups excluding carboxylic acids is 4. The standard InChI is InChI=1S/C17H31BN4O7/c1-9(23)14(16(26)19-8-13(25)20-10(2)18(28)29)22-17(27)15(21-11(3)24)12-6-4-5-7-12/h9-10,12,14-15,23,28-29H,4-8H2,1-3H3,(H,19,26)(H,20,25)(H,21,24)(H,22,27)/t9-,10+,14+,15+/m1/s1. The zero-order chi connectivity index (χ0) is 22.1. The third kappa shape index (κ3) is 8.38. The molecule has 0 bridgehead atoms. The van der Waals surface area contributed by atoms with Gasteiger partial charge in [0, 0.05) is 6.92 Å². The molecule has 1 aliphatic rings. The molecule has 0 saturated heterocycles. The molecule has 4 amide bonds. The topological polar surface area (TPSA) is 177 Å². The Bertz CT molecular complexity index is 596. The second-order valence-electron chi connectivity index (χ2n) is 7.44. The molecule has 0 aliphatic heterocycles. The Kier molecular flexibility index (Phi) is 10.1. The maximum Gasteiger partial charge on any atom is 0.475 e. The number of aliphatic hydroxyl groups excluding tert-OH is 1. The highest BCUT2D eigenvalue weighted by Crippen LogP contribution is 2.28. The summed E-state index contributed by atoms with van der Waals surface area (Å²) in [6.07, 6.45) is 2.20. The van der Waals surface area contributed by atoms with Gasteiger partial charge in [-0.2, -0.15) is 0 Å². The van der Waals surface area contributed by atoms with Gasteiger partial charge in [0.15, 0.2) is 0 Å². The summed E-state index contributed by atoms with van der Waals surface area (Å²) in [6.45, 7) is 3.51. The molecular formula is C17H31BN4O7. The van der Waals surface area contributed by atoms with Gasteiger partial charge in [-0.1, -0.05) is 12.8 Å². The van der Waals surface area contributed by atoms with Crippen molar-refractivity contribution in [2.24, 2.45) is 5.92 Å². The molecule has 0 unspecified atom stereocenters. The molecule has 0 radical (unpaired) electrons. The van der Waals surface area contributed by atoms with Crippen LogP contribution < -0.4 is 21.3 Å². The van der Waals surface area contributed by atoms with Gasteiger partial charge in [-0.25, -0.2) is 0 Å². The summed E-state index contributed by atoms with van der Waals surface area (Å²) in [5, 5.41) is 37.4. The Morgan fingerprint density at radius 3 is 2.07 bits per heavy atom. The molecule has 11 nitrogen and oxygen atoms in total. The Labute approximate surface area is 170 Å². The normalized spacial score (nSPS) is 18.1. The monoisotopic (exact) mass is 414 g/mol. The summed E-state index contributed by atoms with van der Waals surface area (Å²) in [5.41, 5.74) is 0. The average molecular weight is 414 g/mol. The number of amides is 4. The van der Waals surface area contributed by atoms with Gasteiger partial charge >= 0.3 is 7.12 Å². The zero-order valence-electron chi connectivity index (χ0n) is 17.0. The third-order valence-corrected chi connectivity index (χ3v) is 4.83. The molecule has 4 atom stereocenters. The maximum atomic E-state index is 12.7. The van der Waals surface area contributed by atoms with E-state index in [-0.39, 0.29) is 11.8 Å². The van der Waals surface area contributed by atoms with Gasteiger partial charge in [-0.05, 0) is 32.6 Å². The van der Waals surface area contributed by atoms with Crippen LogP contribution >= 0.6 is 0 Å². The first-order valence-corrected chi connectivity index (χ1v) is 9.71. The van der Waals surface area contributed by atoms with E-state index >= 15 is 0 Å². The highest BCUT2D eigenvalue weighted by molar-refractivity contribution is 6.43. The summed E-state index contributed by atoms with van der Waals surface area (Å²) >= 11 is 0. The van der Waals surface area contributed by atoms with Crippen molar-refractivity contribution in [1.82, 2.24) is 21.3 Å². The SMILES string of the molecule is CC(=O)N[C@H](C(=O)N[C@H](C(=O)NCC(=O)N[C@@H](C)B(O)O)[C@@H](C)O)C1CCCC1. The van der Waals surface area contributed by atoms with E-state index in [9.17, 15) is 24.3 Å². The number of hydrogen-bond donors (Lipinski definition) is 7. The van der Waals surface area contributed by atoms with Crippen LogP contribution in [0.15, 0.2) is 0 Å². The van der Waals surface area contributed by atoms with Gasteiger partial charge in [0.2, 0.25) is 23.6 Å². The number of hydrogen-bond acceptors (Lipinski definition) is 7. The van der Waals surface area contributed by atoms with E-state index in [0.29, 0.717) is 0 Å². The second-order valence-corrected chi connectivity index (χ2v) is 7.44. The highest BCUT2D eigenvalue weighted by Gasteiger charge is 2.35. The van der Waals surface area contributed by atoms with Crippen molar-refractivity contribution in [3.05, 3.63) is 0 Å². The van der Waals surface area contributed by atoms with Crippen LogP contribution in [-0.2, 0) is 19.2 Å². The largest absolute Gasteiger partial charge is 0.475 e. The van der Waals surface area contributed by atoms with E-state index in [1.165, 1.54) is 20.8 Å². The van der Waals surface area contributed by atoms with Crippen LogP contribution in [0.25, 0.3) is 0 Å². The van der Waals surface area contributed by atoms with Gasteiger partial charge in [0.25, 0.3) is 0 Å². The molecule has 29 heavy (non-hydrogen) atoms. The fourth-order valence-electron chi connectivity index (χ4n) is 3.21. The van der Waals surface area contributed by atoms with Crippen LogP contribution in [0.1, 0.15) is 46.5 Å². The lowest BCUT2D eigenvalue weighted by Gasteiger charge is -2.27. The van der Waals surface area contributed by atoms with E-state index in [1.54, 1.807) is 0 Å². The van der Waals surface area contributed by atoms with Crippen LogP contribution in [0.5, 0.6) is 0 Å². The van der Waals surface area contributed by atoms with Crippen molar-refractivity contribution in [3.8, 4) is 0 Å². The minimum atomic E-state index is -1.75. The molecule has 0 heterocycles. The zero-order valence-corrected chi connectivity index (χ0v) is 17.0. The first-order chi connectivity index (χ1) is 13.5. The molecule has 164 valence electrons. The minimum Gasteiger partial charge on any atom is -0.426 e. The molecule has 0 spiro atoms. The number of carbonyl (C=O) groups is 4.